The summed E-state index contributed by atoms with van der Waals surface area (Å²) in [7, 11) is -4.92. The van der Waals surface area contributed by atoms with Gasteiger partial charge in [0.25, 0.3) is 11.8 Å². The van der Waals surface area contributed by atoms with Gasteiger partial charge in [0, 0.05) is 35.9 Å². The van der Waals surface area contributed by atoms with Crippen LogP contribution in [-0.4, -0.2) is 125 Å². The minimum absolute atomic E-state index is 0.00875. The summed E-state index contributed by atoms with van der Waals surface area (Å²) in [5.41, 5.74) is 15.8. The molecule has 0 bridgehead atoms. The van der Waals surface area contributed by atoms with Crippen molar-refractivity contribution in [1.29, 1.82) is 5.41 Å². The van der Waals surface area contributed by atoms with E-state index in [1.807, 2.05) is 9.36 Å². The van der Waals surface area contributed by atoms with E-state index in [2.05, 4.69) is 25.1 Å². The number of nitrogens with zero attached hydrogens (tertiary/aromatic N) is 7. The second-order valence-electron chi connectivity index (χ2n) is 11.5. The Morgan fingerprint density at radius 1 is 1.35 bits per heavy atom. The largest absolute Gasteiger partial charge is 0.726 e. The molecule has 52 heavy (non-hydrogen) atoms. The molecule has 284 valence electrons. The van der Waals surface area contributed by atoms with Gasteiger partial charge < -0.3 is 52.3 Å². The van der Waals surface area contributed by atoms with Gasteiger partial charge in [0.15, 0.2) is 29.1 Å². The van der Waals surface area contributed by atoms with Crippen LogP contribution in [0.1, 0.15) is 26.1 Å². The molecule has 5 rings (SSSR count). The summed E-state index contributed by atoms with van der Waals surface area (Å²) in [6.07, 6.45) is 2.37. The fourth-order valence-corrected chi connectivity index (χ4v) is 6.88. The first-order chi connectivity index (χ1) is 24.2. The molecule has 27 heteroatoms. The summed E-state index contributed by atoms with van der Waals surface area (Å²) >= 11 is 2.03. The lowest BCUT2D eigenvalue weighted by molar-refractivity contribution is -0.766. The van der Waals surface area contributed by atoms with Crippen molar-refractivity contribution in [3.8, 4) is 0 Å². The molecule has 24 nitrogen and oxygen atoms in total. The highest BCUT2D eigenvalue weighted by Crippen LogP contribution is 2.40. The SMILES string of the molecule is CC(C)(O/N=C(/C(=O)N[C@@H]1C(=O)N2C(C(=O)O)=C(C[n+]3cc(N(CCCN)C(=N)N)c4n3CCN4)CS[C@H]12)c1nsc(N)n1)C(=O)O.O=S(=O)([O-])O. The molecular weight excluding hydrogens is 755 g/mol. The summed E-state index contributed by atoms with van der Waals surface area (Å²) < 4.78 is 40.5. The molecule has 2 amide bonds. The molecule has 2 atom stereocenters. The van der Waals surface area contributed by atoms with Crippen LogP contribution in [0, 0.1) is 5.41 Å². The smallest absolute Gasteiger partial charge is 0.352 e. The number of amides is 2. The number of thioether (sulfide) groups is 1. The van der Waals surface area contributed by atoms with Gasteiger partial charge in [0.1, 0.15) is 17.1 Å². The quantitative estimate of drug-likeness (QED) is 0.0183. The van der Waals surface area contributed by atoms with Gasteiger partial charge in [-0.15, -0.1) is 21.1 Å². The molecule has 0 saturated carbocycles. The van der Waals surface area contributed by atoms with Gasteiger partial charge in [-0.05, 0) is 26.8 Å². The highest BCUT2D eigenvalue weighted by molar-refractivity contribution is 8.00. The molecule has 12 N–H and O–H groups in total. The number of aliphatic carboxylic acids is 2. The van der Waals surface area contributed by atoms with E-state index in [0.717, 1.165) is 22.3 Å². The van der Waals surface area contributed by atoms with E-state index in [-0.39, 0.29) is 34.9 Å². The van der Waals surface area contributed by atoms with Crippen molar-refractivity contribution in [1.82, 2.24) is 24.3 Å². The van der Waals surface area contributed by atoms with Crippen LogP contribution in [0.15, 0.2) is 22.6 Å². The number of nitrogens with two attached hydrogens (primary N) is 3. The maximum atomic E-state index is 13.4. The Kier molecular flexibility index (Phi) is 11.9. The monoisotopic (exact) mass is 789 g/mol. The number of carbonyl (C=O) groups excluding carboxylic acids is 2. The Bertz CT molecular complexity index is 1930. The van der Waals surface area contributed by atoms with Gasteiger partial charge in [0.05, 0.1) is 6.54 Å². The van der Waals surface area contributed by atoms with Crippen LogP contribution in [-0.2, 0) is 47.5 Å². The summed E-state index contributed by atoms with van der Waals surface area (Å²) in [5, 5.41) is 36.4. The summed E-state index contributed by atoms with van der Waals surface area (Å²) in [6.45, 7) is 4.60. The molecule has 2 aromatic heterocycles. The van der Waals surface area contributed by atoms with E-state index in [1.54, 1.807) is 11.1 Å². The highest BCUT2D eigenvalue weighted by Gasteiger charge is 2.55. The summed E-state index contributed by atoms with van der Waals surface area (Å²) in [6, 6.07) is -1.13. The summed E-state index contributed by atoms with van der Waals surface area (Å²) in [5.74, 6) is -3.72. The van der Waals surface area contributed by atoms with Crippen molar-refractivity contribution in [2.45, 2.75) is 50.4 Å². The van der Waals surface area contributed by atoms with E-state index >= 15 is 0 Å². The third-order valence-electron chi connectivity index (χ3n) is 7.50. The van der Waals surface area contributed by atoms with Crippen LogP contribution >= 0.6 is 23.3 Å². The molecule has 5 heterocycles. The van der Waals surface area contributed by atoms with Crippen molar-refractivity contribution >= 4 is 85.8 Å². The predicted octanol–water partition coefficient (Wildman–Crippen LogP) is -3.29. The number of nitrogens with one attached hydrogen (secondary N) is 3. The molecule has 0 radical (unpaired) electrons. The van der Waals surface area contributed by atoms with Crippen LogP contribution in [0.2, 0.25) is 0 Å². The molecule has 3 aliphatic heterocycles. The number of anilines is 3. The van der Waals surface area contributed by atoms with Gasteiger partial charge >= 0.3 is 11.9 Å². The minimum Gasteiger partial charge on any atom is -0.726 e. The van der Waals surface area contributed by atoms with Crippen molar-refractivity contribution in [3.63, 3.8) is 0 Å². The van der Waals surface area contributed by atoms with Crippen LogP contribution in [0.5, 0.6) is 0 Å². The first kappa shape index (κ1) is 39.7. The zero-order valence-corrected chi connectivity index (χ0v) is 29.8. The fourth-order valence-electron chi connectivity index (χ4n) is 5.11. The number of oxime groups is 1. The molecule has 0 spiro atoms. The number of hydrogen-bond donors (Lipinski definition) is 9. The standard InChI is InChI=1S/C25H33N13O7S2.H2O4S/c1-25(2,22(43)44)45-33-13(16-32-24(29)47-34-16)18(39)31-14-19(40)38-15(21(41)42)11(10-46-20(14)38)8-35-9-12(17-30-5-7-37(17)35)36(23(27)28)6-3-4-26;1-5(2,3)4/h9,14,20H,3-8,10,26H2,1-2H3,(H8,27,28,29,31,32,34,39,41,42,43,44);(H2,1,2,3,4)/b33-13+;/t14-,20-;/m1./s1. The summed E-state index contributed by atoms with van der Waals surface area (Å²) in [4.78, 5) is 62.5. The molecular formula is C25H35N13O11S3. The van der Waals surface area contributed by atoms with Gasteiger partial charge in [-0.2, -0.15) is 9.36 Å². The second-order valence-corrected chi connectivity index (χ2v) is 14.3. The van der Waals surface area contributed by atoms with Crippen molar-refractivity contribution in [2.75, 3.05) is 41.3 Å². The van der Waals surface area contributed by atoms with E-state index in [1.165, 1.54) is 25.6 Å². The van der Waals surface area contributed by atoms with Gasteiger partial charge in [-0.1, -0.05) is 5.16 Å². The number of carbonyl (C=O) groups is 4. The normalized spacial score (nSPS) is 18.3. The molecule has 1 fully saturated rings. The predicted molar refractivity (Wildman–Crippen MR) is 182 cm³/mol. The molecule has 0 aliphatic carbocycles. The Balaban J connectivity index is 0.00000113. The lowest BCUT2D eigenvalue weighted by Gasteiger charge is -2.49. The lowest BCUT2D eigenvalue weighted by Crippen LogP contribution is -2.71. The van der Waals surface area contributed by atoms with Crippen molar-refractivity contribution in [3.05, 3.63) is 23.3 Å². The maximum Gasteiger partial charge on any atom is 0.352 e. The van der Waals surface area contributed by atoms with Gasteiger partial charge in [-0.25, -0.2) is 18.0 Å². The first-order valence-corrected chi connectivity index (χ1v) is 18.1. The number of fused-ring (bicyclic) bond motifs is 2. The zero-order valence-electron chi connectivity index (χ0n) is 27.4. The number of nitrogen functional groups attached to an aromatic ring is 1. The van der Waals surface area contributed by atoms with Crippen molar-refractivity contribution < 1.29 is 56.4 Å². The minimum atomic E-state index is -4.92. The Morgan fingerprint density at radius 2 is 2.02 bits per heavy atom. The Labute approximate surface area is 302 Å². The van der Waals surface area contributed by atoms with Gasteiger partial charge in [0.2, 0.25) is 33.7 Å². The molecule has 2 aromatic rings. The molecule has 0 aromatic carbocycles. The highest BCUT2D eigenvalue weighted by atomic mass is 32.3. The van der Waals surface area contributed by atoms with Gasteiger partial charge in [-0.3, -0.25) is 24.5 Å². The number of guanidine groups is 1. The van der Waals surface area contributed by atoms with E-state index in [0.29, 0.717) is 43.9 Å². The van der Waals surface area contributed by atoms with Crippen molar-refractivity contribution in [2.24, 2.45) is 16.6 Å². The Hall–Kier alpha value is -5.09. The Morgan fingerprint density at radius 3 is 2.58 bits per heavy atom. The zero-order chi connectivity index (χ0) is 38.7. The second kappa shape index (κ2) is 15.7. The number of carboxylic acid groups (broad SMARTS) is 2. The number of rotatable bonds is 13. The number of β-lactam (4-membered cyclic amide) rings is 1. The van der Waals surface area contributed by atoms with Crippen LogP contribution in [0.4, 0.5) is 16.6 Å². The van der Waals surface area contributed by atoms with E-state index in [9.17, 15) is 29.4 Å². The van der Waals surface area contributed by atoms with Crippen LogP contribution < -0.4 is 37.4 Å². The molecule has 3 aliphatic rings. The number of aromatic nitrogens is 4. The number of hydrogen-bond acceptors (Lipinski definition) is 17. The van der Waals surface area contributed by atoms with E-state index < -0.39 is 56.9 Å². The maximum absolute atomic E-state index is 13.4. The average molecular weight is 790 g/mol. The average Bonchev–Trinajstić information content (AvgIpc) is 3.77. The number of carboxylic acids is 2. The third-order valence-corrected chi connectivity index (χ3v) is 9.39. The molecule has 0 unspecified atom stereocenters. The van der Waals surface area contributed by atoms with E-state index in [4.69, 9.17) is 45.0 Å². The van der Waals surface area contributed by atoms with Crippen LogP contribution in [0.3, 0.4) is 0 Å². The molecule has 1 saturated heterocycles. The lowest BCUT2D eigenvalue weighted by atomic mass is 10.0. The van der Waals surface area contributed by atoms with Crippen LogP contribution in [0.25, 0.3) is 0 Å². The third kappa shape index (κ3) is 8.85. The fraction of sp³-hybridized carbons (Fsp3) is 0.480. The first-order valence-electron chi connectivity index (χ1n) is 14.9. The topological polar surface area (TPSA) is 375 Å².